The van der Waals surface area contributed by atoms with Gasteiger partial charge in [0.25, 0.3) is 0 Å². The third-order valence-electron chi connectivity index (χ3n) is 0. The molecule has 0 heterocycles. The third kappa shape index (κ3) is 59.2. The van der Waals surface area contributed by atoms with Crippen LogP contribution in [0.5, 0.6) is 0 Å². The summed E-state index contributed by atoms with van der Waals surface area (Å²) in [6.07, 6.45) is 0. The van der Waals surface area contributed by atoms with Crippen molar-refractivity contribution in [3.8, 4) is 0 Å². The van der Waals surface area contributed by atoms with Crippen LogP contribution in [-0.2, 0) is 4.57 Å². The second kappa shape index (κ2) is 10.3. The molecule has 0 aliphatic heterocycles. The van der Waals surface area contributed by atoms with Crippen molar-refractivity contribution in [2.75, 3.05) is 0 Å². The van der Waals surface area contributed by atoms with E-state index < -0.39 is 7.82 Å². The minimum atomic E-state index is -4.64. The van der Waals surface area contributed by atoms with Crippen LogP contribution in [0.1, 0.15) is 0 Å². The van der Waals surface area contributed by atoms with Gasteiger partial charge >= 0.3 is 45.6 Å². The van der Waals surface area contributed by atoms with Gasteiger partial charge in [0.15, 0.2) is 17.4 Å². The first-order valence-corrected chi connectivity index (χ1v) is 2.35. The molecule has 0 saturated heterocycles. The summed E-state index contributed by atoms with van der Waals surface area (Å²) in [5.41, 5.74) is 0. The van der Waals surface area contributed by atoms with Crippen LogP contribution >= 0.6 is 7.82 Å². The Labute approximate surface area is 121 Å². The van der Waals surface area contributed by atoms with Gasteiger partial charge in [0.1, 0.15) is 0 Å². The normalized spacial score (nSPS) is 7.38. The van der Waals surface area contributed by atoms with E-state index in [1.807, 2.05) is 0 Å². The van der Waals surface area contributed by atoms with Crippen LogP contribution in [0.4, 0.5) is 0 Å². The maximum absolute atomic E-state index is 8.88. The molecule has 0 aromatic heterocycles. The molecule has 0 aromatic rings. The first-order valence-electron chi connectivity index (χ1n) is 0.783. The molecule has 0 spiro atoms. The van der Waals surface area contributed by atoms with E-state index in [1.54, 1.807) is 0 Å². The zero-order valence-electron chi connectivity index (χ0n) is 2.70. The summed E-state index contributed by atoms with van der Waals surface area (Å²) in [6.45, 7) is 0. The Kier molecular flexibility index (Phi) is 28.9. The fourth-order valence-electron chi connectivity index (χ4n) is 0. The monoisotopic (exact) mass is 310 g/mol. The molecule has 0 aromatic carbocycles. The Bertz CT molecular complexity index is 62.2. The molecule has 0 aliphatic rings. The van der Waals surface area contributed by atoms with E-state index in [0.29, 0.717) is 0 Å². The Morgan fingerprint density at radius 1 is 1.12 bits per heavy atom. The standard InChI is InChI=1S/Al.Ca.Ce.H3O4P.5H/c;;;1-5(2,3)4;;;;;/h;;;(H3,1,2,3,4);;;;;. The van der Waals surface area contributed by atoms with E-state index in [2.05, 4.69) is 0 Å². The van der Waals surface area contributed by atoms with E-state index in [4.69, 9.17) is 19.2 Å². The van der Waals surface area contributed by atoms with Crippen molar-refractivity contribution in [3.63, 3.8) is 0 Å². The second-order valence-electron chi connectivity index (χ2n) is 0.513. The van der Waals surface area contributed by atoms with Gasteiger partial charge in [-0.2, -0.15) is 0 Å². The van der Waals surface area contributed by atoms with Gasteiger partial charge < -0.3 is 14.7 Å². The number of hydrogen-bond donors (Lipinski definition) is 3. The van der Waals surface area contributed by atoms with E-state index >= 15 is 0 Å². The molecule has 0 bridgehead atoms. The summed E-state index contributed by atoms with van der Waals surface area (Å²) in [5, 5.41) is 0. The molecular weight excluding hydrogens is 302 g/mol. The molecule has 3 N–H and O–H groups in total. The summed E-state index contributed by atoms with van der Waals surface area (Å²) in [4.78, 5) is 21.6. The van der Waals surface area contributed by atoms with Gasteiger partial charge in [-0.1, -0.05) is 0 Å². The van der Waals surface area contributed by atoms with Crippen LogP contribution in [0.3, 0.4) is 0 Å². The maximum Gasteiger partial charge on any atom is 0 e. The van der Waals surface area contributed by atoms with Gasteiger partial charge in [0.05, 0.1) is 0 Å². The van der Waals surface area contributed by atoms with E-state index in [1.165, 1.54) is 0 Å². The Balaban J connectivity index is -0.0000000267. The Morgan fingerprint density at radius 2 is 1.12 bits per heavy atom. The van der Waals surface area contributed by atoms with Crippen molar-refractivity contribution < 1.29 is 61.0 Å². The average Bonchev–Trinajstić information content (AvgIpc) is 0.722. The molecule has 46 valence electrons. The van der Waals surface area contributed by atoms with Gasteiger partial charge in [-0.25, -0.2) is 4.57 Å². The molecule has 8 heteroatoms. The minimum Gasteiger partial charge on any atom is 0 e. The third-order valence-corrected chi connectivity index (χ3v) is 0. The van der Waals surface area contributed by atoms with Gasteiger partial charge in [-0.15, -0.1) is 0 Å². The first-order chi connectivity index (χ1) is 2.00. The van der Waals surface area contributed by atoms with Gasteiger partial charge in [-0.3, -0.25) is 0 Å². The van der Waals surface area contributed by atoms with Gasteiger partial charge in [0, 0.05) is 41.7 Å². The molecule has 0 radical (unpaired) electrons. The van der Waals surface area contributed by atoms with E-state index in [0.717, 1.165) is 0 Å². The number of hydrogen-bond acceptors (Lipinski definition) is 1. The largest absolute Gasteiger partial charge is 0 e. The van der Waals surface area contributed by atoms with Crippen LogP contribution < -0.4 is 0 Å². The fraction of sp³-hybridized carbons (Fsp3) is 0. The molecule has 0 aliphatic carbocycles. The van der Waals surface area contributed by atoms with Crippen molar-refractivity contribution in [1.29, 1.82) is 0 Å². The van der Waals surface area contributed by atoms with E-state index in [-0.39, 0.29) is 96.8 Å². The molecule has 4 nitrogen and oxygen atoms in total. The molecule has 0 atom stereocenters. The molecule has 0 amide bonds. The number of phosphoric acid groups is 1. The van der Waals surface area contributed by atoms with Gasteiger partial charge in [-0.05, 0) is 0 Å². The van der Waals surface area contributed by atoms with Crippen LogP contribution in [0.25, 0.3) is 0 Å². The molecule has 0 saturated carbocycles. The summed E-state index contributed by atoms with van der Waals surface area (Å²) < 4.78 is 8.88. The Hall–Kier alpha value is 3.28. The van der Waals surface area contributed by atoms with Crippen molar-refractivity contribution in [2.45, 2.75) is 0 Å². The first kappa shape index (κ1) is 22.5. The molecular formula is H8AlCaCeO4P. The predicted octanol–water partition coefficient (Wildman–Crippen LogP) is -3.03. The summed E-state index contributed by atoms with van der Waals surface area (Å²) in [5.74, 6) is 0. The fourth-order valence-corrected chi connectivity index (χ4v) is 0. The van der Waals surface area contributed by atoms with Gasteiger partial charge in [0.2, 0.25) is 0 Å². The molecule has 0 unspecified atom stereocenters. The van der Waals surface area contributed by atoms with Crippen LogP contribution in [-0.4, -0.2) is 69.8 Å². The van der Waals surface area contributed by atoms with Crippen LogP contribution in [0.2, 0.25) is 0 Å². The Morgan fingerprint density at radius 3 is 1.12 bits per heavy atom. The maximum atomic E-state index is 8.88. The molecule has 0 fully saturated rings. The smallest absolute Gasteiger partial charge is 0 e. The summed E-state index contributed by atoms with van der Waals surface area (Å²) in [6, 6.07) is 0. The predicted molar refractivity (Wildman–Crippen MR) is 32.7 cm³/mol. The number of rotatable bonds is 0. The summed E-state index contributed by atoms with van der Waals surface area (Å²) >= 11 is 0. The second-order valence-corrected chi connectivity index (χ2v) is 1.54. The van der Waals surface area contributed by atoms with Crippen LogP contribution in [0.15, 0.2) is 0 Å². The SMILES string of the molecule is O=P(O)(O)O.[AlH3].[CaH2].[Ce]. The summed E-state index contributed by atoms with van der Waals surface area (Å²) in [7, 11) is -4.64. The topological polar surface area (TPSA) is 77.8 Å². The van der Waals surface area contributed by atoms with E-state index in [9.17, 15) is 0 Å². The van der Waals surface area contributed by atoms with Crippen molar-refractivity contribution in [1.82, 2.24) is 0 Å². The minimum absolute atomic E-state index is 0. The van der Waals surface area contributed by atoms with Crippen molar-refractivity contribution in [3.05, 3.63) is 0 Å². The molecule has 0 rings (SSSR count). The van der Waals surface area contributed by atoms with Crippen molar-refractivity contribution >= 4 is 62.9 Å². The van der Waals surface area contributed by atoms with Crippen molar-refractivity contribution in [2.24, 2.45) is 0 Å². The average molecular weight is 310 g/mol. The quantitative estimate of drug-likeness (QED) is 0.329. The molecule has 8 heavy (non-hydrogen) atoms. The zero-order valence-corrected chi connectivity index (χ0v) is 6.73. The zero-order chi connectivity index (χ0) is 4.50. The van der Waals surface area contributed by atoms with Crippen LogP contribution in [0, 0.1) is 41.7 Å².